The van der Waals surface area contributed by atoms with Crippen LogP contribution in [0.4, 0.5) is 0 Å². The summed E-state index contributed by atoms with van der Waals surface area (Å²) in [6, 6.07) is 8.12. The molecule has 0 bridgehead atoms. The zero-order chi connectivity index (χ0) is 15.6. The fourth-order valence-corrected chi connectivity index (χ4v) is 3.88. The summed E-state index contributed by atoms with van der Waals surface area (Å²) < 4.78 is 26.8. The minimum atomic E-state index is -3.65. The van der Waals surface area contributed by atoms with Gasteiger partial charge in [-0.1, -0.05) is 18.2 Å². The van der Waals surface area contributed by atoms with Crippen LogP contribution in [0.2, 0.25) is 0 Å². The van der Waals surface area contributed by atoms with Crippen LogP contribution in [-0.2, 0) is 17.1 Å². The molecule has 0 aliphatic carbocycles. The summed E-state index contributed by atoms with van der Waals surface area (Å²) in [6.45, 7) is 3.67. The van der Waals surface area contributed by atoms with Gasteiger partial charge in [0.1, 0.15) is 0 Å². The molecule has 0 unspecified atom stereocenters. The third-order valence-corrected chi connectivity index (χ3v) is 6.00. The molecule has 1 N–H and O–H groups in total. The third kappa shape index (κ3) is 3.39. The zero-order valence-electron chi connectivity index (χ0n) is 11.8. The highest BCUT2D eigenvalue weighted by atomic mass is 32.2. The van der Waals surface area contributed by atoms with Crippen molar-refractivity contribution in [3.8, 4) is 0 Å². The van der Waals surface area contributed by atoms with Gasteiger partial charge in [-0.15, -0.1) is 11.3 Å². The number of thiazole rings is 1. The highest BCUT2D eigenvalue weighted by molar-refractivity contribution is 7.89. The monoisotopic (exact) mass is 341 g/mol. The van der Waals surface area contributed by atoms with Crippen molar-refractivity contribution in [1.82, 2.24) is 9.40 Å². The molecule has 21 heavy (non-hydrogen) atoms. The first kappa shape index (κ1) is 15.9. The van der Waals surface area contributed by atoms with Crippen LogP contribution in [0.1, 0.15) is 17.5 Å². The second-order valence-corrected chi connectivity index (χ2v) is 7.75. The van der Waals surface area contributed by atoms with Gasteiger partial charge in [0, 0.05) is 12.7 Å². The SMILES string of the molecule is C/C(=N\NS(=O)(=O)c1ccccc1)c1sc(=S)n(C)c1C. The smallest absolute Gasteiger partial charge is 0.276 e. The van der Waals surface area contributed by atoms with Crippen LogP contribution in [0, 0.1) is 10.9 Å². The molecular formula is C13H15N3O2S3. The first-order chi connectivity index (χ1) is 9.83. The number of nitrogens with zero attached hydrogens (tertiary/aromatic N) is 2. The number of hydrazone groups is 1. The summed E-state index contributed by atoms with van der Waals surface area (Å²) in [5.74, 6) is 0. The molecule has 0 aliphatic rings. The first-order valence-corrected chi connectivity index (χ1v) is 8.81. The molecule has 8 heteroatoms. The Balaban J connectivity index is 2.29. The molecule has 1 heterocycles. The van der Waals surface area contributed by atoms with Gasteiger partial charge in [0.2, 0.25) is 0 Å². The lowest BCUT2D eigenvalue weighted by Crippen LogP contribution is -2.19. The molecule has 1 aromatic carbocycles. The molecule has 2 rings (SSSR count). The van der Waals surface area contributed by atoms with Crippen LogP contribution < -0.4 is 4.83 Å². The van der Waals surface area contributed by atoms with Crippen LogP contribution >= 0.6 is 23.6 Å². The van der Waals surface area contributed by atoms with Crippen molar-refractivity contribution in [2.24, 2.45) is 12.1 Å². The van der Waals surface area contributed by atoms with Crippen molar-refractivity contribution in [2.75, 3.05) is 0 Å². The molecule has 0 saturated heterocycles. The molecule has 0 fully saturated rings. The summed E-state index contributed by atoms with van der Waals surface area (Å²) in [5.41, 5.74) is 1.55. The molecule has 2 aromatic rings. The van der Waals surface area contributed by atoms with E-state index in [1.165, 1.54) is 23.5 Å². The van der Waals surface area contributed by atoms with E-state index in [0.29, 0.717) is 5.71 Å². The van der Waals surface area contributed by atoms with E-state index in [2.05, 4.69) is 9.93 Å². The number of aromatic nitrogens is 1. The zero-order valence-corrected chi connectivity index (χ0v) is 14.3. The van der Waals surface area contributed by atoms with Crippen molar-refractivity contribution < 1.29 is 8.42 Å². The highest BCUT2D eigenvalue weighted by Crippen LogP contribution is 2.18. The Morgan fingerprint density at radius 3 is 2.48 bits per heavy atom. The van der Waals surface area contributed by atoms with Crippen molar-refractivity contribution >= 4 is 39.3 Å². The maximum atomic E-state index is 12.1. The van der Waals surface area contributed by atoms with E-state index >= 15 is 0 Å². The van der Waals surface area contributed by atoms with Gasteiger partial charge in [-0.2, -0.15) is 18.4 Å². The Morgan fingerprint density at radius 2 is 1.95 bits per heavy atom. The number of benzene rings is 1. The summed E-state index contributed by atoms with van der Waals surface area (Å²) in [7, 11) is -1.77. The normalized spacial score (nSPS) is 12.4. The molecule has 112 valence electrons. The van der Waals surface area contributed by atoms with Gasteiger partial charge in [-0.3, -0.25) is 0 Å². The number of rotatable bonds is 4. The van der Waals surface area contributed by atoms with E-state index in [0.717, 1.165) is 14.5 Å². The minimum Gasteiger partial charge on any atom is -0.330 e. The molecule has 0 atom stereocenters. The average molecular weight is 341 g/mol. The Morgan fingerprint density at radius 1 is 1.33 bits per heavy atom. The second kappa shape index (κ2) is 6.08. The van der Waals surface area contributed by atoms with Gasteiger partial charge in [0.25, 0.3) is 10.0 Å². The molecule has 0 amide bonds. The van der Waals surface area contributed by atoms with E-state index in [1.807, 2.05) is 18.5 Å². The Kier molecular flexibility index (Phi) is 4.60. The Hall–Kier alpha value is -1.51. The quantitative estimate of drug-likeness (QED) is 0.528. The maximum Gasteiger partial charge on any atom is 0.276 e. The Bertz CT molecular complexity index is 833. The summed E-state index contributed by atoms with van der Waals surface area (Å²) in [4.78, 5) is 3.31. The van der Waals surface area contributed by atoms with Gasteiger partial charge >= 0.3 is 0 Å². The molecule has 0 saturated carbocycles. The van der Waals surface area contributed by atoms with Crippen molar-refractivity contribution in [3.63, 3.8) is 0 Å². The summed E-state index contributed by atoms with van der Waals surface area (Å²) >= 11 is 6.61. The van der Waals surface area contributed by atoms with Crippen LogP contribution in [-0.4, -0.2) is 18.7 Å². The van der Waals surface area contributed by atoms with Crippen molar-refractivity contribution in [2.45, 2.75) is 18.7 Å². The molecule has 0 aliphatic heterocycles. The predicted octanol–water partition coefficient (Wildman–Crippen LogP) is 2.83. The molecule has 0 spiro atoms. The van der Waals surface area contributed by atoms with Crippen LogP contribution in [0.25, 0.3) is 0 Å². The van der Waals surface area contributed by atoms with Gasteiger partial charge in [-0.25, -0.2) is 0 Å². The van der Waals surface area contributed by atoms with Crippen LogP contribution in [0.3, 0.4) is 0 Å². The van der Waals surface area contributed by atoms with Gasteiger partial charge in [-0.05, 0) is 38.2 Å². The first-order valence-electron chi connectivity index (χ1n) is 6.11. The van der Waals surface area contributed by atoms with E-state index in [4.69, 9.17) is 12.2 Å². The predicted molar refractivity (Wildman–Crippen MR) is 87.8 cm³/mol. The molecular weight excluding hydrogens is 326 g/mol. The van der Waals surface area contributed by atoms with E-state index in [9.17, 15) is 8.42 Å². The molecule has 0 radical (unpaired) electrons. The number of nitrogens with one attached hydrogen (secondary N) is 1. The topological polar surface area (TPSA) is 63.5 Å². The fraction of sp³-hybridized carbons (Fsp3) is 0.231. The van der Waals surface area contributed by atoms with E-state index in [-0.39, 0.29) is 4.90 Å². The van der Waals surface area contributed by atoms with Crippen LogP contribution in [0.5, 0.6) is 0 Å². The lowest BCUT2D eigenvalue weighted by atomic mass is 10.3. The van der Waals surface area contributed by atoms with E-state index < -0.39 is 10.0 Å². The molecule has 1 aromatic heterocycles. The van der Waals surface area contributed by atoms with E-state index in [1.54, 1.807) is 25.1 Å². The van der Waals surface area contributed by atoms with Gasteiger partial charge in [0.05, 0.1) is 15.5 Å². The average Bonchev–Trinajstić information content (AvgIpc) is 2.73. The fourth-order valence-electron chi connectivity index (χ4n) is 1.69. The number of hydrogen-bond donors (Lipinski definition) is 1. The van der Waals surface area contributed by atoms with Gasteiger partial charge < -0.3 is 4.57 Å². The summed E-state index contributed by atoms with van der Waals surface area (Å²) in [6.07, 6.45) is 0. The summed E-state index contributed by atoms with van der Waals surface area (Å²) in [5, 5.41) is 3.99. The van der Waals surface area contributed by atoms with Crippen LogP contribution in [0.15, 0.2) is 40.3 Å². The third-order valence-electron chi connectivity index (χ3n) is 3.01. The number of hydrogen-bond acceptors (Lipinski definition) is 5. The van der Waals surface area contributed by atoms with Gasteiger partial charge in [0.15, 0.2) is 3.95 Å². The minimum absolute atomic E-state index is 0.180. The maximum absolute atomic E-state index is 12.1. The second-order valence-electron chi connectivity index (χ2n) is 4.45. The number of sulfonamides is 1. The van der Waals surface area contributed by atoms with Crippen molar-refractivity contribution in [1.29, 1.82) is 0 Å². The largest absolute Gasteiger partial charge is 0.330 e. The molecule has 5 nitrogen and oxygen atoms in total. The highest BCUT2D eigenvalue weighted by Gasteiger charge is 2.14. The lowest BCUT2D eigenvalue weighted by Gasteiger charge is -2.05. The standard InChI is InChI=1S/C13H15N3O2S3/c1-9(12-10(2)16(3)13(19)20-12)14-15-21(17,18)11-7-5-4-6-8-11/h4-8,15H,1-3H3/b14-9+. The lowest BCUT2D eigenvalue weighted by molar-refractivity contribution is 0.584. The van der Waals surface area contributed by atoms with Crippen molar-refractivity contribution in [3.05, 3.63) is 44.9 Å². The Labute approximate surface area is 133 Å².